The van der Waals surface area contributed by atoms with Crippen LogP contribution >= 0.6 is 0 Å². The van der Waals surface area contributed by atoms with Gasteiger partial charge in [-0.05, 0) is 29.7 Å². The minimum Gasteiger partial charge on any atom is -0.260 e. The Morgan fingerprint density at radius 1 is 1.12 bits per heavy atom. The Kier molecular flexibility index (Phi) is 3.20. The molecule has 0 aliphatic carbocycles. The van der Waals surface area contributed by atoms with Crippen molar-refractivity contribution in [1.29, 1.82) is 5.26 Å². The highest BCUT2D eigenvalue weighted by molar-refractivity contribution is 5.64. The molecule has 0 saturated carbocycles. The molecule has 0 aliphatic heterocycles. The molecule has 2 rings (SSSR count). The maximum absolute atomic E-state index is 8.86. The van der Waals surface area contributed by atoms with E-state index in [4.69, 9.17) is 5.26 Å². The van der Waals surface area contributed by atoms with Gasteiger partial charge in [-0.2, -0.15) is 5.26 Å². The molecule has 0 atom stereocenters. The van der Waals surface area contributed by atoms with E-state index < -0.39 is 0 Å². The van der Waals surface area contributed by atoms with Crippen LogP contribution in [-0.4, -0.2) is 4.98 Å². The minimum absolute atomic E-state index is 0.439. The van der Waals surface area contributed by atoms with E-state index in [1.807, 2.05) is 30.5 Å². The minimum atomic E-state index is 0.439. The number of nitriles is 1. The van der Waals surface area contributed by atoms with Crippen molar-refractivity contribution in [2.45, 2.75) is 19.8 Å². The first-order chi connectivity index (χ1) is 8.20. The number of rotatable bonds is 2. The van der Waals surface area contributed by atoms with Gasteiger partial charge >= 0.3 is 0 Å². The third kappa shape index (κ3) is 2.51. The van der Waals surface area contributed by atoms with Gasteiger partial charge in [0.15, 0.2) is 0 Å². The summed E-state index contributed by atoms with van der Waals surface area (Å²) in [4.78, 5) is 4.43. The van der Waals surface area contributed by atoms with Gasteiger partial charge in [-0.3, -0.25) is 4.98 Å². The van der Waals surface area contributed by atoms with Crippen LogP contribution in [0.4, 0.5) is 0 Å². The number of aromatic nitrogens is 1. The van der Waals surface area contributed by atoms with Gasteiger partial charge in [0.25, 0.3) is 0 Å². The van der Waals surface area contributed by atoms with Gasteiger partial charge in [0.05, 0.1) is 11.6 Å². The predicted molar refractivity (Wildman–Crippen MR) is 68.5 cm³/mol. The van der Waals surface area contributed by atoms with Crippen molar-refractivity contribution in [3.8, 4) is 17.2 Å². The summed E-state index contributed by atoms with van der Waals surface area (Å²) in [6.07, 6.45) is 1.87. The molecule has 2 aromatic rings. The van der Waals surface area contributed by atoms with E-state index in [1.165, 1.54) is 0 Å². The first-order valence-corrected chi connectivity index (χ1v) is 5.67. The average molecular weight is 222 g/mol. The lowest BCUT2D eigenvalue weighted by molar-refractivity contribution is 0.823. The normalized spacial score (nSPS) is 10.2. The molecule has 84 valence electrons. The van der Waals surface area contributed by atoms with E-state index in [-0.39, 0.29) is 0 Å². The smallest absolute Gasteiger partial charge is 0.0991 e. The molecule has 0 N–H and O–H groups in total. The van der Waals surface area contributed by atoms with Gasteiger partial charge < -0.3 is 0 Å². The Bertz CT molecular complexity index is 548. The van der Waals surface area contributed by atoms with Crippen molar-refractivity contribution < 1.29 is 0 Å². The molecular formula is C15H14N2. The van der Waals surface area contributed by atoms with E-state index >= 15 is 0 Å². The highest BCUT2D eigenvalue weighted by Gasteiger charge is 2.02. The SMILES string of the molecule is CC(C)c1ccc(-c2cccc(C#N)c2)cn1. The zero-order valence-corrected chi connectivity index (χ0v) is 10.0. The van der Waals surface area contributed by atoms with Crippen molar-refractivity contribution in [3.63, 3.8) is 0 Å². The molecule has 0 fully saturated rings. The van der Waals surface area contributed by atoms with E-state index in [2.05, 4.69) is 31.0 Å². The van der Waals surface area contributed by atoms with Crippen LogP contribution in [0.15, 0.2) is 42.6 Å². The highest BCUT2D eigenvalue weighted by atomic mass is 14.7. The zero-order chi connectivity index (χ0) is 12.3. The maximum atomic E-state index is 8.86. The third-order valence-corrected chi connectivity index (χ3v) is 2.70. The van der Waals surface area contributed by atoms with Gasteiger partial charge in [-0.1, -0.05) is 32.0 Å². The molecule has 0 radical (unpaired) electrons. The molecule has 1 heterocycles. The van der Waals surface area contributed by atoms with Crippen LogP contribution < -0.4 is 0 Å². The monoisotopic (exact) mass is 222 g/mol. The second-order valence-electron chi connectivity index (χ2n) is 4.32. The Morgan fingerprint density at radius 2 is 1.94 bits per heavy atom. The van der Waals surface area contributed by atoms with Crippen LogP contribution in [0, 0.1) is 11.3 Å². The molecule has 0 unspecified atom stereocenters. The summed E-state index contributed by atoms with van der Waals surface area (Å²) in [5.41, 5.74) is 3.85. The number of pyridine rings is 1. The Labute approximate surface area is 102 Å². The fourth-order valence-corrected chi connectivity index (χ4v) is 1.69. The molecule has 0 amide bonds. The van der Waals surface area contributed by atoms with Crippen LogP contribution in [0.1, 0.15) is 31.0 Å². The first kappa shape index (κ1) is 11.3. The average Bonchev–Trinajstić information content (AvgIpc) is 2.39. The fourth-order valence-electron chi connectivity index (χ4n) is 1.69. The number of hydrogen-bond donors (Lipinski definition) is 0. The van der Waals surface area contributed by atoms with Gasteiger partial charge in [-0.15, -0.1) is 0 Å². The van der Waals surface area contributed by atoms with E-state index in [0.717, 1.165) is 16.8 Å². The van der Waals surface area contributed by atoms with Crippen molar-refractivity contribution in [2.24, 2.45) is 0 Å². The predicted octanol–water partition coefficient (Wildman–Crippen LogP) is 3.74. The van der Waals surface area contributed by atoms with E-state index in [1.54, 1.807) is 6.07 Å². The second kappa shape index (κ2) is 4.80. The molecule has 0 saturated heterocycles. The molecular weight excluding hydrogens is 208 g/mol. The summed E-state index contributed by atoms with van der Waals surface area (Å²) in [5.74, 6) is 0.439. The summed E-state index contributed by atoms with van der Waals surface area (Å²) in [5, 5.41) is 8.86. The molecule has 2 heteroatoms. The number of nitrogens with zero attached hydrogens (tertiary/aromatic N) is 2. The summed E-state index contributed by atoms with van der Waals surface area (Å²) >= 11 is 0. The lowest BCUT2D eigenvalue weighted by Gasteiger charge is -2.06. The van der Waals surface area contributed by atoms with Crippen molar-refractivity contribution in [1.82, 2.24) is 4.98 Å². The molecule has 0 aliphatic rings. The van der Waals surface area contributed by atoms with Gasteiger partial charge in [0, 0.05) is 17.5 Å². The molecule has 1 aromatic carbocycles. The third-order valence-electron chi connectivity index (χ3n) is 2.70. The topological polar surface area (TPSA) is 36.7 Å². The van der Waals surface area contributed by atoms with E-state index in [9.17, 15) is 0 Å². The first-order valence-electron chi connectivity index (χ1n) is 5.67. The molecule has 0 bridgehead atoms. The standard InChI is InChI=1S/C15H14N2/c1-11(2)15-7-6-14(10-17-15)13-5-3-4-12(8-13)9-16/h3-8,10-11H,1-2H3. The quantitative estimate of drug-likeness (QED) is 0.776. The van der Waals surface area contributed by atoms with Crippen LogP contribution in [0.3, 0.4) is 0 Å². The van der Waals surface area contributed by atoms with E-state index in [0.29, 0.717) is 11.5 Å². The highest BCUT2D eigenvalue weighted by Crippen LogP contribution is 2.21. The fraction of sp³-hybridized carbons (Fsp3) is 0.200. The van der Waals surface area contributed by atoms with Crippen LogP contribution in [0.5, 0.6) is 0 Å². The lowest BCUT2D eigenvalue weighted by atomic mass is 10.0. The zero-order valence-electron chi connectivity index (χ0n) is 10.0. The van der Waals surface area contributed by atoms with Gasteiger partial charge in [0.1, 0.15) is 0 Å². The summed E-state index contributed by atoms with van der Waals surface area (Å²) in [6.45, 7) is 4.25. The molecule has 2 nitrogen and oxygen atoms in total. The Hall–Kier alpha value is -2.14. The number of benzene rings is 1. The molecule has 1 aromatic heterocycles. The molecule has 17 heavy (non-hydrogen) atoms. The largest absolute Gasteiger partial charge is 0.260 e. The lowest BCUT2D eigenvalue weighted by Crippen LogP contribution is -1.91. The number of hydrogen-bond acceptors (Lipinski definition) is 2. The Morgan fingerprint density at radius 3 is 2.53 bits per heavy atom. The summed E-state index contributed by atoms with van der Waals surface area (Å²) in [6, 6.07) is 13.8. The van der Waals surface area contributed by atoms with Crippen molar-refractivity contribution in [2.75, 3.05) is 0 Å². The van der Waals surface area contributed by atoms with Crippen LogP contribution in [0.25, 0.3) is 11.1 Å². The summed E-state index contributed by atoms with van der Waals surface area (Å²) < 4.78 is 0. The van der Waals surface area contributed by atoms with Gasteiger partial charge in [-0.25, -0.2) is 0 Å². The Balaban J connectivity index is 2.37. The second-order valence-corrected chi connectivity index (χ2v) is 4.32. The van der Waals surface area contributed by atoms with Crippen molar-refractivity contribution >= 4 is 0 Å². The summed E-state index contributed by atoms with van der Waals surface area (Å²) in [7, 11) is 0. The van der Waals surface area contributed by atoms with Crippen molar-refractivity contribution in [3.05, 3.63) is 53.9 Å². The maximum Gasteiger partial charge on any atom is 0.0991 e. The van der Waals surface area contributed by atoms with Crippen LogP contribution in [0.2, 0.25) is 0 Å². The van der Waals surface area contributed by atoms with Gasteiger partial charge in [0.2, 0.25) is 0 Å². The molecule has 0 spiro atoms. The van der Waals surface area contributed by atoms with Crippen LogP contribution in [-0.2, 0) is 0 Å².